The van der Waals surface area contributed by atoms with E-state index < -0.39 is 0 Å². The Morgan fingerprint density at radius 3 is 2.67 bits per heavy atom. The van der Waals surface area contributed by atoms with Gasteiger partial charge < -0.3 is 0 Å². The molecular weight excluding hydrogens is 165 g/mol. The number of hydrazine groups is 2. The van der Waals surface area contributed by atoms with Gasteiger partial charge in [-0.25, -0.2) is 0 Å². The van der Waals surface area contributed by atoms with Crippen molar-refractivity contribution in [1.82, 2.24) is 15.4 Å². The van der Waals surface area contributed by atoms with Gasteiger partial charge in [0, 0.05) is 35.8 Å². The first-order valence-electron chi connectivity index (χ1n) is 2.01. The maximum atomic E-state index is 4.75. The number of hydrogen-bond acceptors (Lipinski definition) is 4. The summed E-state index contributed by atoms with van der Waals surface area (Å²) in [4.78, 5) is 0.652. The zero-order chi connectivity index (χ0) is 5.98. The van der Waals surface area contributed by atoms with Crippen LogP contribution in [-0.4, -0.2) is 39.1 Å². The summed E-state index contributed by atoms with van der Waals surface area (Å²) in [6.07, 6.45) is 3.44. The van der Waals surface area contributed by atoms with Gasteiger partial charge in [-0.1, -0.05) is 29.6 Å². The third-order valence-electron chi connectivity index (χ3n) is 0.648. The summed E-state index contributed by atoms with van der Waals surface area (Å²) < 4.78 is 1.38. The number of nitrogens with one attached hydrogen (secondary N) is 2. The maximum absolute atomic E-state index is 4.75. The molecule has 0 aromatic heterocycles. The minimum Gasteiger partial charge on any atom is -0.299 e. The van der Waals surface area contributed by atoms with Crippen LogP contribution in [0.5, 0.6) is 0 Å². The van der Waals surface area contributed by atoms with Crippen molar-refractivity contribution in [3.63, 3.8) is 0 Å². The van der Waals surface area contributed by atoms with E-state index >= 15 is 0 Å². The van der Waals surface area contributed by atoms with Gasteiger partial charge >= 0.3 is 0 Å². The minimum absolute atomic E-state index is 0. The van der Waals surface area contributed by atoms with E-state index in [9.17, 15) is 0 Å². The normalized spacial score (nSPS) is 17.7. The van der Waals surface area contributed by atoms with Crippen LogP contribution in [0, 0.1) is 0 Å². The predicted molar refractivity (Wildman–Crippen MR) is 44.6 cm³/mol. The molecule has 0 aliphatic carbocycles. The Hall–Kier alpha value is 0.740. The molecule has 6 heteroatoms. The molecule has 0 aromatic rings. The Labute approximate surface area is 86.6 Å². The summed E-state index contributed by atoms with van der Waals surface area (Å²) in [6.45, 7) is 0. The third-order valence-corrected chi connectivity index (χ3v) is 1.09. The molecular formula is C3H5N3NaS2. The average Bonchev–Trinajstić information content (AvgIpc) is 1.64. The van der Waals surface area contributed by atoms with Gasteiger partial charge in [-0.15, -0.1) is 0 Å². The number of thiol groups is 1. The number of rotatable bonds is 0. The van der Waals surface area contributed by atoms with Crippen LogP contribution < -0.4 is 10.9 Å². The van der Waals surface area contributed by atoms with Crippen molar-refractivity contribution in [3.8, 4) is 0 Å². The van der Waals surface area contributed by atoms with Crippen molar-refractivity contribution in [2.45, 2.75) is 0 Å². The summed E-state index contributed by atoms with van der Waals surface area (Å²) in [6, 6.07) is 0. The fraction of sp³-hybridized carbons (Fsp3) is 0. The van der Waals surface area contributed by atoms with Crippen LogP contribution in [0.3, 0.4) is 0 Å². The van der Waals surface area contributed by atoms with Gasteiger partial charge in [0.05, 0.1) is 0 Å². The molecule has 1 aliphatic heterocycles. The van der Waals surface area contributed by atoms with E-state index in [0.717, 1.165) is 0 Å². The van der Waals surface area contributed by atoms with E-state index in [2.05, 4.69) is 23.7 Å². The molecule has 0 unspecified atom stereocenters. The molecule has 1 heterocycles. The zero-order valence-electron chi connectivity index (χ0n) is 4.96. The van der Waals surface area contributed by atoms with Crippen LogP contribution in [0.4, 0.5) is 0 Å². The Bertz CT molecular complexity index is 137. The summed E-state index contributed by atoms with van der Waals surface area (Å²) >= 11 is 8.65. The monoisotopic (exact) mass is 170 g/mol. The SMILES string of the molecule is S=C1C=CNN(S)N1.[Na]. The van der Waals surface area contributed by atoms with E-state index in [1.165, 1.54) is 4.52 Å². The molecule has 1 radical (unpaired) electrons. The van der Waals surface area contributed by atoms with E-state index in [-0.39, 0.29) is 29.6 Å². The topological polar surface area (TPSA) is 27.3 Å². The van der Waals surface area contributed by atoms with Gasteiger partial charge in [-0.3, -0.25) is 10.9 Å². The second-order valence-corrected chi connectivity index (χ2v) is 2.09. The van der Waals surface area contributed by atoms with Gasteiger partial charge in [-0.2, -0.15) is 0 Å². The number of thiocarbonyl (C=S) groups is 1. The third kappa shape index (κ3) is 3.44. The summed E-state index contributed by atoms with van der Waals surface area (Å²) in [7, 11) is 0. The Kier molecular flexibility index (Phi) is 4.91. The van der Waals surface area contributed by atoms with Crippen LogP contribution in [0.15, 0.2) is 12.3 Å². The smallest absolute Gasteiger partial charge is 0.117 e. The van der Waals surface area contributed by atoms with E-state index in [1.54, 1.807) is 12.3 Å². The van der Waals surface area contributed by atoms with E-state index in [4.69, 9.17) is 12.2 Å². The molecule has 0 saturated carbocycles. The van der Waals surface area contributed by atoms with Crippen LogP contribution >= 0.6 is 25.0 Å². The van der Waals surface area contributed by atoms with Crippen molar-refractivity contribution in [3.05, 3.63) is 12.3 Å². The first-order valence-corrected chi connectivity index (χ1v) is 2.82. The fourth-order valence-corrected chi connectivity index (χ4v) is 0.759. The molecule has 0 saturated heterocycles. The van der Waals surface area contributed by atoms with Crippen LogP contribution in [0.1, 0.15) is 0 Å². The summed E-state index contributed by atoms with van der Waals surface area (Å²) in [5.74, 6) is 0. The molecule has 0 atom stereocenters. The van der Waals surface area contributed by atoms with Gasteiger partial charge in [0.25, 0.3) is 0 Å². The molecule has 0 bridgehead atoms. The second-order valence-electron chi connectivity index (χ2n) is 1.25. The van der Waals surface area contributed by atoms with Crippen molar-refractivity contribution >= 4 is 59.6 Å². The zero-order valence-corrected chi connectivity index (χ0v) is 8.67. The van der Waals surface area contributed by atoms with Crippen molar-refractivity contribution in [1.29, 1.82) is 0 Å². The number of nitrogens with zero attached hydrogens (tertiary/aromatic N) is 1. The molecule has 1 aliphatic rings. The minimum atomic E-state index is 0. The largest absolute Gasteiger partial charge is 0.299 e. The van der Waals surface area contributed by atoms with Gasteiger partial charge in [0.15, 0.2) is 0 Å². The molecule has 0 amide bonds. The quantitative estimate of drug-likeness (QED) is 0.262. The standard InChI is InChI=1S/C3H5N3S2.Na/c7-3-1-2-4-6(8)5-3;/h1-2,4,8H,(H,5,7);. The van der Waals surface area contributed by atoms with Gasteiger partial charge in [0.2, 0.25) is 0 Å². The Balaban J connectivity index is 0.000000640. The van der Waals surface area contributed by atoms with Crippen LogP contribution in [-0.2, 0) is 0 Å². The molecule has 1 rings (SSSR count). The van der Waals surface area contributed by atoms with E-state index in [0.29, 0.717) is 4.99 Å². The van der Waals surface area contributed by atoms with E-state index in [1.807, 2.05) is 0 Å². The summed E-state index contributed by atoms with van der Waals surface area (Å²) in [5, 5.41) is 0. The molecule has 0 spiro atoms. The second kappa shape index (κ2) is 4.54. The first kappa shape index (κ1) is 9.74. The predicted octanol–water partition coefficient (Wildman–Crippen LogP) is -0.384. The molecule has 9 heavy (non-hydrogen) atoms. The molecule has 3 nitrogen and oxygen atoms in total. The molecule has 2 N–H and O–H groups in total. The van der Waals surface area contributed by atoms with Crippen molar-refractivity contribution < 1.29 is 0 Å². The van der Waals surface area contributed by atoms with Gasteiger partial charge in [-0.05, 0) is 6.08 Å². The van der Waals surface area contributed by atoms with Crippen molar-refractivity contribution in [2.75, 3.05) is 0 Å². The molecule has 0 fully saturated rings. The molecule has 45 valence electrons. The van der Waals surface area contributed by atoms with Crippen LogP contribution in [0.25, 0.3) is 0 Å². The number of hydrogen-bond donors (Lipinski definition) is 3. The molecule has 0 aromatic carbocycles. The maximum Gasteiger partial charge on any atom is 0.117 e. The van der Waals surface area contributed by atoms with Crippen LogP contribution in [0.2, 0.25) is 0 Å². The Morgan fingerprint density at radius 1 is 1.67 bits per heavy atom. The Morgan fingerprint density at radius 2 is 2.33 bits per heavy atom. The van der Waals surface area contributed by atoms with Gasteiger partial charge in [0.1, 0.15) is 4.99 Å². The van der Waals surface area contributed by atoms with Crippen molar-refractivity contribution in [2.24, 2.45) is 0 Å². The average molecular weight is 170 g/mol. The summed E-state index contributed by atoms with van der Waals surface area (Å²) in [5.41, 5.74) is 5.44. The first-order chi connectivity index (χ1) is 3.79. The fourth-order valence-electron chi connectivity index (χ4n) is 0.357.